The first-order valence-corrected chi connectivity index (χ1v) is 10.5. The van der Waals surface area contributed by atoms with Gasteiger partial charge < -0.3 is 15.0 Å². The lowest BCUT2D eigenvalue weighted by molar-refractivity contribution is -0.114. The Morgan fingerprint density at radius 1 is 1.17 bits per heavy atom. The lowest BCUT2D eigenvalue weighted by atomic mass is 9.95. The number of carbonyl (C=O) groups excluding carboxylic acids is 3. The molecule has 3 aromatic rings. The molecule has 1 aliphatic rings. The van der Waals surface area contributed by atoms with Crippen molar-refractivity contribution >= 4 is 44.9 Å². The third-order valence-electron chi connectivity index (χ3n) is 5.17. The number of H-pyrrole nitrogens is 1. The van der Waals surface area contributed by atoms with Crippen molar-refractivity contribution in [1.29, 1.82) is 0 Å². The van der Waals surface area contributed by atoms with Gasteiger partial charge in [-0.25, -0.2) is 4.79 Å². The van der Waals surface area contributed by atoms with Gasteiger partial charge in [-0.15, -0.1) is 11.3 Å². The van der Waals surface area contributed by atoms with Gasteiger partial charge in [0.15, 0.2) is 6.10 Å². The number of amides is 1. The molecule has 0 radical (unpaired) electrons. The van der Waals surface area contributed by atoms with E-state index in [1.54, 1.807) is 13.1 Å². The topological polar surface area (TPSA) is 88.3 Å². The number of aryl methyl sites for hydroxylation is 1. The monoisotopic (exact) mass is 410 g/mol. The third kappa shape index (κ3) is 3.70. The predicted octanol–water partition coefficient (Wildman–Crippen LogP) is 4.49. The summed E-state index contributed by atoms with van der Waals surface area (Å²) in [5, 5.41) is 4.07. The molecule has 1 atom stereocenters. The minimum atomic E-state index is -0.939. The van der Waals surface area contributed by atoms with Crippen LogP contribution in [0.15, 0.2) is 30.5 Å². The van der Waals surface area contributed by atoms with Crippen LogP contribution in [0.4, 0.5) is 5.00 Å². The maximum atomic E-state index is 13.0. The molecule has 7 heteroatoms. The lowest BCUT2D eigenvalue weighted by Crippen LogP contribution is -2.25. The second-order valence-electron chi connectivity index (χ2n) is 7.26. The van der Waals surface area contributed by atoms with Gasteiger partial charge in [0.1, 0.15) is 5.00 Å². The summed E-state index contributed by atoms with van der Waals surface area (Å²) in [4.78, 5) is 41.7. The Hall–Kier alpha value is -2.93. The average molecular weight is 410 g/mol. The Labute approximate surface area is 172 Å². The number of aromatic nitrogens is 1. The van der Waals surface area contributed by atoms with Gasteiger partial charge in [0.25, 0.3) is 0 Å². The van der Waals surface area contributed by atoms with Gasteiger partial charge in [-0.05, 0) is 44.2 Å². The molecule has 1 unspecified atom stereocenters. The maximum Gasteiger partial charge on any atom is 0.342 e. The van der Waals surface area contributed by atoms with Crippen molar-refractivity contribution in [2.75, 3.05) is 5.32 Å². The summed E-state index contributed by atoms with van der Waals surface area (Å²) in [6, 6.07) is 7.50. The number of esters is 1. The summed E-state index contributed by atoms with van der Waals surface area (Å²) in [5.74, 6) is -1.06. The molecule has 29 heavy (non-hydrogen) atoms. The van der Waals surface area contributed by atoms with Crippen LogP contribution in [0.3, 0.4) is 0 Å². The molecule has 2 N–H and O–H groups in total. The quantitative estimate of drug-likeness (QED) is 0.479. The molecule has 1 aliphatic carbocycles. The van der Waals surface area contributed by atoms with E-state index in [9.17, 15) is 14.4 Å². The molecular weight excluding hydrogens is 388 g/mol. The molecule has 1 aromatic carbocycles. The van der Waals surface area contributed by atoms with E-state index in [0.717, 1.165) is 47.0 Å². The second kappa shape index (κ2) is 7.83. The fraction of sp³-hybridized carbons (Fsp3) is 0.318. The van der Waals surface area contributed by atoms with Crippen LogP contribution >= 0.6 is 11.3 Å². The number of hydrogen-bond acceptors (Lipinski definition) is 5. The first-order chi connectivity index (χ1) is 14.0. The van der Waals surface area contributed by atoms with Crippen LogP contribution in [0.5, 0.6) is 0 Å². The molecule has 0 saturated heterocycles. The summed E-state index contributed by atoms with van der Waals surface area (Å²) in [5.41, 5.74) is 2.70. The van der Waals surface area contributed by atoms with Crippen LogP contribution in [0, 0.1) is 0 Å². The lowest BCUT2D eigenvalue weighted by Gasteiger charge is -2.15. The van der Waals surface area contributed by atoms with Crippen molar-refractivity contribution < 1.29 is 19.1 Å². The van der Waals surface area contributed by atoms with E-state index < -0.39 is 12.1 Å². The normalized spacial score (nSPS) is 14.3. The van der Waals surface area contributed by atoms with Gasteiger partial charge in [0.05, 0.1) is 5.56 Å². The summed E-state index contributed by atoms with van der Waals surface area (Å²) in [6.07, 6.45) is 4.44. The standard InChI is InChI=1S/C22H22N2O4S/c1-12(20(26)16-11-23-17-9-5-3-7-14(16)17)28-22(27)19-15-8-4-6-10-18(15)29-21(19)24-13(2)25/h3,5,7,9,11-12,23H,4,6,8,10H2,1-2H3,(H,24,25). The number of hydrogen-bond donors (Lipinski definition) is 2. The number of fused-ring (bicyclic) bond motifs is 2. The van der Waals surface area contributed by atoms with E-state index in [2.05, 4.69) is 10.3 Å². The highest BCUT2D eigenvalue weighted by molar-refractivity contribution is 7.17. The number of ketones is 1. The number of aromatic amines is 1. The second-order valence-corrected chi connectivity index (χ2v) is 8.36. The van der Waals surface area contributed by atoms with Crippen LogP contribution in [-0.4, -0.2) is 28.7 Å². The van der Waals surface area contributed by atoms with E-state index in [-0.39, 0.29) is 11.7 Å². The van der Waals surface area contributed by atoms with Crippen molar-refractivity contribution in [3.63, 3.8) is 0 Å². The van der Waals surface area contributed by atoms with Crippen LogP contribution in [0.1, 0.15) is 57.8 Å². The van der Waals surface area contributed by atoms with Crippen molar-refractivity contribution in [3.05, 3.63) is 52.0 Å². The highest BCUT2D eigenvalue weighted by atomic mass is 32.1. The zero-order valence-electron chi connectivity index (χ0n) is 16.3. The van der Waals surface area contributed by atoms with Gasteiger partial charge in [0, 0.05) is 34.5 Å². The van der Waals surface area contributed by atoms with E-state index in [1.807, 2.05) is 24.3 Å². The SMILES string of the molecule is CC(=O)Nc1sc2c(c1C(=O)OC(C)C(=O)c1c[nH]c3ccccc13)CCCC2. The fourth-order valence-electron chi connectivity index (χ4n) is 3.80. The first-order valence-electron chi connectivity index (χ1n) is 9.69. The number of ether oxygens (including phenoxy) is 1. The number of benzene rings is 1. The largest absolute Gasteiger partial charge is 0.451 e. The van der Waals surface area contributed by atoms with E-state index in [4.69, 9.17) is 4.74 Å². The Balaban J connectivity index is 1.59. The molecule has 0 fully saturated rings. The number of Topliss-reactive ketones (excluding diaryl/α,β-unsaturated/α-hetero) is 1. The fourth-order valence-corrected chi connectivity index (χ4v) is 5.12. The number of para-hydroxylation sites is 1. The number of nitrogens with one attached hydrogen (secondary N) is 2. The molecule has 0 bridgehead atoms. The highest BCUT2D eigenvalue weighted by Crippen LogP contribution is 2.38. The highest BCUT2D eigenvalue weighted by Gasteiger charge is 2.30. The Bertz CT molecular complexity index is 1110. The van der Waals surface area contributed by atoms with Crippen molar-refractivity contribution in [2.24, 2.45) is 0 Å². The molecule has 6 nitrogen and oxygen atoms in total. The predicted molar refractivity (Wildman–Crippen MR) is 113 cm³/mol. The van der Waals surface area contributed by atoms with Gasteiger partial charge >= 0.3 is 5.97 Å². The number of thiophene rings is 1. The van der Waals surface area contributed by atoms with Crippen LogP contribution in [-0.2, 0) is 22.4 Å². The summed E-state index contributed by atoms with van der Waals surface area (Å²) in [6.45, 7) is 3.00. The van der Waals surface area contributed by atoms with E-state index >= 15 is 0 Å². The minimum Gasteiger partial charge on any atom is -0.451 e. The summed E-state index contributed by atoms with van der Waals surface area (Å²) >= 11 is 1.43. The molecule has 1 amide bonds. The van der Waals surface area contributed by atoms with Gasteiger partial charge in [0.2, 0.25) is 11.7 Å². The molecule has 0 saturated carbocycles. The van der Waals surface area contributed by atoms with Gasteiger partial charge in [-0.3, -0.25) is 9.59 Å². The van der Waals surface area contributed by atoms with E-state index in [1.165, 1.54) is 18.3 Å². The summed E-state index contributed by atoms with van der Waals surface area (Å²) in [7, 11) is 0. The maximum absolute atomic E-state index is 13.0. The van der Waals surface area contributed by atoms with Crippen LogP contribution < -0.4 is 5.32 Å². The number of rotatable bonds is 5. The zero-order chi connectivity index (χ0) is 20.5. The Morgan fingerprint density at radius 2 is 1.93 bits per heavy atom. The first kappa shape index (κ1) is 19.4. The molecule has 2 heterocycles. The number of carbonyl (C=O) groups is 3. The molecular formula is C22H22N2O4S. The van der Waals surface area contributed by atoms with Crippen LogP contribution in [0.2, 0.25) is 0 Å². The van der Waals surface area contributed by atoms with Crippen molar-refractivity contribution in [2.45, 2.75) is 45.6 Å². The molecule has 0 spiro atoms. The van der Waals surface area contributed by atoms with Crippen molar-refractivity contribution in [1.82, 2.24) is 4.98 Å². The molecule has 4 rings (SSSR count). The average Bonchev–Trinajstić information content (AvgIpc) is 3.27. The van der Waals surface area contributed by atoms with Crippen LogP contribution in [0.25, 0.3) is 10.9 Å². The molecule has 2 aromatic heterocycles. The summed E-state index contributed by atoms with van der Waals surface area (Å²) < 4.78 is 5.57. The van der Waals surface area contributed by atoms with Gasteiger partial charge in [-0.1, -0.05) is 18.2 Å². The number of anilines is 1. The molecule has 150 valence electrons. The molecule has 0 aliphatic heterocycles. The Kier molecular flexibility index (Phi) is 5.24. The van der Waals surface area contributed by atoms with Gasteiger partial charge in [-0.2, -0.15) is 0 Å². The van der Waals surface area contributed by atoms with E-state index in [0.29, 0.717) is 16.1 Å². The third-order valence-corrected chi connectivity index (χ3v) is 6.38. The minimum absolute atomic E-state index is 0.236. The van der Waals surface area contributed by atoms with Crippen molar-refractivity contribution in [3.8, 4) is 0 Å². The Morgan fingerprint density at radius 3 is 2.72 bits per heavy atom. The zero-order valence-corrected chi connectivity index (χ0v) is 17.2. The smallest absolute Gasteiger partial charge is 0.342 e.